The van der Waals surface area contributed by atoms with E-state index in [9.17, 15) is 26.3 Å². The summed E-state index contributed by atoms with van der Waals surface area (Å²) in [6.45, 7) is 1.41. The topological polar surface area (TPSA) is 27.7 Å². The monoisotopic (exact) mass is 523 g/mol. The van der Waals surface area contributed by atoms with E-state index in [1.807, 2.05) is 65.6 Å². The van der Waals surface area contributed by atoms with Crippen molar-refractivity contribution >= 4 is 11.4 Å². The molecule has 4 nitrogen and oxygen atoms in total. The first kappa shape index (κ1) is 26.7. The standard InChI is InChI=1S/C27H27F6N3O/c1-2-21-18-35(26(28,29)30)15-16-36(21)22-13-14-24(37-27(31,32)33)23(17-22)34-25(19-9-5-3-6-10-19)20-11-7-4-8-12-20/h3-14,17,21,25,34H,2,15-16,18H2,1H3. The van der Waals surface area contributed by atoms with Crippen LogP contribution in [-0.2, 0) is 0 Å². The smallest absolute Gasteiger partial charge is 0.404 e. The van der Waals surface area contributed by atoms with Crippen molar-refractivity contribution in [1.29, 1.82) is 0 Å². The highest BCUT2D eigenvalue weighted by molar-refractivity contribution is 5.67. The lowest BCUT2D eigenvalue weighted by Crippen LogP contribution is -2.57. The Labute approximate surface area is 211 Å². The maximum atomic E-state index is 13.3. The Morgan fingerprint density at radius 2 is 1.46 bits per heavy atom. The third-order valence-electron chi connectivity index (χ3n) is 6.40. The number of piperazine rings is 1. The molecule has 1 unspecified atom stereocenters. The molecule has 0 bridgehead atoms. The van der Waals surface area contributed by atoms with Gasteiger partial charge in [-0.15, -0.1) is 13.2 Å². The molecule has 0 saturated carbocycles. The number of benzene rings is 3. The summed E-state index contributed by atoms with van der Waals surface area (Å²) in [5.41, 5.74) is 2.25. The molecule has 198 valence electrons. The van der Waals surface area contributed by atoms with E-state index in [1.54, 1.807) is 6.92 Å². The summed E-state index contributed by atoms with van der Waals surface area (Å²) < 4.78 is 84.0. The molecule has 0 aromatic heterocycles. The molecule has 1 saturated heterocycles. The zero-order valence-corrected chi connectivity index (χ0v) is 20.1. The van der Waals surface area contributed by atoms with E-state index in [2.05, 4.69) is 10.1 Å². The number of alkyl halides is 6. The van der Waals surface area contributed by atoms with Gasteiger partial charge in [0.2, 0.25) is 0 Å². The lowest BCUT2D eigenvalue weighted by atomic mass is 9.98. The zero-order valence-electron chi connectivity index (χ0n) is 20.1. The van der Waals surface area contributed by atoms with Crippen molar-refractivity contribution in [3.05, 3.63) is 90.0 Å². The van der Waals surface area contributed by atoms with Crippen LogP contribution >= 0.6 is 0 Å². The molecule has 1 atom stereocenters. The van der Waals surface area contributed by atoms with Gasteiger partial charge in [-0.05, 0) is 35.7 Å². The molecular weight excluding hydrogens is 496 g/mol. The summed E-state index contributed by atoms with van der Waals surface area (Å²) in [6.07, 6.45) is -8.92. The van der Waals surface area contributed by atoms with Crippen molar-refractivity contribution in [2.45, 2.75) is 38.1 Å². The van der Waals surface area contributed by atoms with Crippen LogP contribution in [0.5, 0.6) is 5.75 Å². The van der Waals surface area contributed by atoms with Gasteiger partial charge in [0.25, 0.3) is 0 Å². The van der Waals surface area contributed by atoms with E-state index >= 15 is 0 Å². The van der Waals surface area contributed by atoms with Crippen LogP contribution < -0.4 is 15.0 Å². The molecule has 1 fully saturated rings. The average molecular weight is 524 g/mol. The minimum atomic E-state index is -4.92. The molecule has 4 rings (SSSR count). The number of hydrogen-bond acceptors (Lipinski definition) is 4. The van der Waals surface area contributed by atoms with Crippen LogP contribution in [0.2, 0.25) is 0 Å². The number of halogens is 6. The van der Waals surface area contributed by atoms with Gasteiger partial charge < -0.3 is 15.0 Å². The molecule has 1 N–H and O–H groups in total. The van der Waals surface area contributed by atoms with E-state index < -0.39 is 30.5 Å². The lowest BCUT2D eigenvalue weighted by molar-refractivity contribution is -0.274. The second kappa shape index (κ2) is 10.9. The van der Waals surface area contributed by atoms with E-state index in [0.717, 1.165) is 11.1 Å². The van der Waals surface area contributed by atoms with Gasteiger partial charge in [0.1, 0.15) is 0 Å². The van der Waals surface area contributed by atoms with Crippen LogP contribution in [0.4, 0.5) is 37.7 Å². The van der Waals surface area contributed by atoms with Gasteiger partial charge in [-0.2, -0.15) is 13.2 Å². The van der Waals surface area contributed by atoms with Gasteiger partial charge in [0.05, 0.1) is 11.7 Å². The molecule has 37 heavy (non-hydrogen) atoms. The minimum absolute atomic E-state index is 0.0811. The predicted molar refractivity (Wildman–Crippen MR) is 131 cm³/mol. The number of nitrogens with zero attached hydrogens (tertiary/aromatic N) is 2. The Balaban J connectivity index is 1.72. The number of anilines is 2. The maximum Gasteiger partial charge on any atom is 0.573 e. The second-order valence-electron chi connectivity index (χ2n) is 8.80. The van der Waals surface area contributed by atoms with Gasteiger partial charge in [0, 0.05) is 31.4 Å². The van der Waals surface area contributed by atoms with E-state index in [1.165, 1.54) is 18.2 Å². The van der Waals surface area contributed by atoms with Crippen molar-refractivity contribution < 1.29 is 31.1 Å². The molecule has 1 aliphatic rings. The van der Waals surface area contributed by atoms with E-state index in [4.69, 9.17) is 0 Å². The van der Waals surface area contributed by atoms with Gasteiger partial charge >= 0.3 is 12.7 Å². The van der Waals surface area contributed by atoms with E-state index in [-0.39, 0.29) is 25.3 Å². The lowest BCUT2D eigenvalue weighted by Gasteiger charge is -2.43. The summed E-state index contributed by atoms with van der Waals surface area (Å²) in [6, 6.07) is 21.7. The summed E-state index contributed by atoms with van der Waals surface area (Å²) in [7, 11) is 0. The second-order valence-corrected chi connectivity index (χ2v) is 8.80. The van der Waals surface area contributed by atoms with E-state index in [0.29, 0.717) is 17.0 Å². The first-order valence-electron chi connectivity index (χ1n) is 11.9. The Kier molecular flexibility index (Phi) is 7.87. The Morgan fingerprint density at radius 1 is 0.865 bits per heavy atom. The zero-order chi connectivity index (χ0) is 26.6. The van der Waals surface area contributed by atoms with Crippen LogP contribution in [0.3, 0.4) is 0 Å². The normalized spacial score (nSPS) is 17.2. The van der Waals surface area contributed by atoms with Gasteiger partial charge in [-0.1, -0.05) is 67.6 Å². The highest BCUT2D eigenvalue weighted by atomic mass is 19.4. The molecule has 0 spiro atoms. The number of hydrogen-bond donors (Lipinski definition) is 1. The molecule has 0 aliphatic carbocycles. The molecule has 3 aromatic rings. The van der Waals surface area contributed by atoms with Crippen molar-refractivity contribution in [2.75, 3.05) is 29.9 Å². The Bertz CT molecular complexity index is 1110. The Hall–Kier alpha value is -3.40. The molecule has 1 aliphatic heterocycles. The van der Waals surface area contributed by atoms with Gasteiger partial charge in [0.15, 0.2) is 5.75 Å². The van der Waals surface area contributed by atoms with Gasteiger partial charge in [-0.3, -0.25) is 0 Å². The minimum Gasteiger partial charge on any atom is -0.404 e. The summed E-state index contributed by atoms with van der Waals surface area (Å²) in [5.74, 6) is -0.421. The summed E-state index contributed by atoms with van der Waals surface area (Å²) in [5, 5.41) is 3.21. The maximum absolute atomic E-state index is 13.3. The fraction of sp³-hybridized carbons (Fsp3) is 0.333. The van der Waals surface area contributed by atoms with Crippen LogP contribution in [0.15, 0.2) is 78.9 Å². The van der Waals surface area contributed by atoms with Crippen LogP contribution in [0.1, 0.15) is 30.5 Å². The fourth-order valence-electron chi connectivity index (χ4n) is 4.60. The first-order valence-corrected chi connectivity index (χ1v) is 11.9. The predicted octanol–water partition coefficient (Wildman–Crippen LogP) is 7.21. The fourth-order valence-corrected chi connectivity index (χ4v) is 4.60. The van der Waals surface area contributed by atoms with Crippen LogP contribution in [0.25, 0.3) is 0 Å². The molecule has 0 radical (unpaired) electrons. The quantitative estimate of drug-likeness (QED) is 0.262. The SMILES string of the molecule is CCC1CN(C(F)(F)F)CCN1c1ccc(OC(F)(F)F)c(NC(c2ccccc2)c2ccccc2)c1. The van der Waals surface area contributed by atoms with Crippen LogP contribution in [-0.4, -0.2) is 43.2 Å². The highest BCUT2D eigenvalue weighted by Crippen LogP contribution is 2.39. The molecule has 10 heteroatoms. The molecule has 0 amide bonds. The van der Waals surface area contributed by atoms with Crippen molar-refractivity contribution in [3.63, 3.8) is 0 Å². The average Bonchev–Trinajstić information content (AvgIpc) is 2.87. The number of ether oxygens (including phenoxy) is 1. The third-order valence-corrected chi connectivity index (χ3v) is 6.40. The van der Waals surface area contributed by atoms with Crippen LogP contribution in [0, 0.1) is 0 Å². The first-order chi connectivity index (χ1) is 17.5. The number of rotatable bonds is 7. The number of nitrogens with one attached hydrogen (secondary N) is 1. The molecular formula is C27H27F6N3O. The van der Waals surface area contributed by atoms with Crippen molar-refractivity contribution in [2.24, 2.45) is 0 Å². The summed E-state index contributed by atoms with van der Waals surface area (Å²) >= 11 is 0. The Morgan fingerprint density at radius 3 is 1.97 bits per heavy atom. The molecule has 1 heterocycles. The highest BCUT2D eigenvalue weighted by Gasteiger charge is 2.42. The van der Waals surface area contributed by atoms with Crippen molar-refractivity contribution in [3.8, 4) is 5.75 Å². The molecule has 3 aromatic carbocycles. The van der Waals surface area contributed by atoms with Gasteiger partial charge in [-0.25, -0.2) is 4.90 Å². The summed E-state index contributed by atoms with van der Waals surface area (Å²) in [4.78, 5) is 2.28. The van der Waals surface area contributed by atoms with Crippen molar-refractivity contribution in [1.82, 2.24) is 4.90 Å². The largest absolute Gasteiger partial charge is 0.573 e. The third kappa shape index (κ3) is 6.68.